The molecule has 2 aliphatic rings. The fourth-order valence-corrected chi connectivity index (χ4v) is 3.55. The third-order valence-electron chi connectivity index (χ3n) is 4.97. The number of nitrogens with zero attached hydrogens (tertiary/aromatic N) is 1. The van der Waals surface area contributed by atoms with E-state index in [-0.39, 0.29) is 42.7 Å². The van der Waals surface area contributed by atoms with Crippen LogP contribution in [0.3, 0.4) is 0 Å². The zero-order chi connectivity index (χ0) is 17.9. The van der Waals surface area contributed by atoms with Crippen molar-refractivity contribution < 1.29 is 18.0 Å². The first-order valence-corrected chi connectivity index (χ1v) is 8.81. The van der Waals surface area contributed by atoms with Gasteiger partial charge in [-0.2, -0.15) is 13.2 Å². The first kappa shape index (κ1) is 24.0. The summed E-state index contributed by atoms with van der Waals surface area (Å²) in [6.45, 7) is 3.92. The molecule has 2 heterocycles. The minimum Gasteiger partial charge on any atom is -0.352 e. The number of rotatable bonds is 4. The smallest absolute Gasteiger partial charge is 0.352 e. The summed E-state index contributed by atoms with van der Waals surface area (Å²) in [6, 6.07) is 5.44. The molecule has 0 radical (unpaired) electrons. The van der Waals surface area contributed by atoms with Gasteiger partial charge in [-0.15, -0.1) is 24.8 Å². The van der Waals surface area contributed by atoms with Gasteiger partial charge in [0, 0.05) is 32.2 Å². The van der Waals surface area contributed by atoms with E-state index >= 15 is 0 Å². The maximum Gasteiger partial charge on any atom is 0.416 e. The van der Waals surface area contributed by atoms with Crippen molar-refractivity contribution in [2.45, 2.75) is 38.0 Å². The van der Waals surface area contributed by atoms with Crippen molar-refractivity contribution in [3.63, 3.8) is 0 Å². The number of nitrogens with one attached hydrogen (secondary N) is 2. The zero-order valence-electron chi connectivity index (χ0n) is 14.9. The number of benzene rings is 1. The highest BCUT2D eigenvalue weighted by molar-refractivity contribution is 5.85. The van der Waals surface area contributed by atoms with Gasteiger partial charge in [-0.05, 0) is 43.5 Å². The van der Waals surface area contributed by atoms with Crippen molar-refractivity contribution in [1.82, 2.24) is 15.5 Å². The fraction of sp³-hybridized carbons (Fsp3) is 0.611. The topological polar surface area (TPSA) is 44.4 Å². The second-order valence-corrected chi connectivity index (χ2v) is 6.97. The Bertz CT molecular complexity index is 593. The van der Waals surface area contributed by atoms with Crippen LogP contribution in [0.15, 0.2) is 24.3 Å². The number of likely N-dealkylation sites (tertiary alicyclic amines) is 1. The molecule has 0 aliphatic carbocycles. The number of halogens is 5. The van der Waals surface area contributed by atoms with E-state index in [1.54, 1.807) is 0 Å². The Hall–Kier alpha value is -1.02. The molecule has 0 saturated carbocycles. The van der Waals surface area contributed by atoms with Crippen LogP contribution in [-0.4, -0.2) is 43.0 Å². The summed E-state index contributed by atoms with van der Waals surface area (Å²) in [5.41, 5.74) is 0.236. The quantitative estimate of drug-likeness (QED) is 0.774. The molecule has 27 heavy (non-hydrogen) atoms. The first-order chi connectivity index (χ1) is 11.9. The minimum atomic E-state index is -4.30. The van der Waals surface area contributed by atoms with Crippen LogP contribution in [-0.2, 0) is 17.5 Å². The van der Waals surface area contributed by atoms with Crippen LogP contribution < -0.4 is 10.6 Å². The summed E-state index contributed by atoms with van der Waals surface area (Å²) < 4.78 is 37.8. The lowest BCUT2D eigenvalue weighted by atomic mass is 9.98. The van der Waals surface area contributed by atoms with Gasteiger partial charge in [-0.1, -0.05) is 12.1 Å². The van der Waals surface area contributed by atoms with Gasteiger partial charge < -0.3 is 10.6 Å². The number of piperidine rings is 1. The first-order valence-electron chi connectivity index (χ1n) is 8.81. The van der Waals surface area contributed by atoms with Crippen molar-refractivity contribution in [3.05, 3.63) is 35.4 Å². The molecule has 0 bridgehead atoms. The van der Waals surface area contributed by atoms with E-state index in [0.717, 1.165) is 63.1 Å². The zero-order valence-corrected chi connectivity index (χ0v) is 16.6. The molecule has 2 aliphatic heterocycles. The molecule has 2 fully saturated rings. The molecule has 0 aromatic heterocycles. The lowest BCUT2D eigenvalue weighted by Gasteiger charge is -2.24. The van der Waals surface area contributed by atoms with E-state index in [1.165, 1.54) is 12.1 Å². The van der Waals surface area contributed by atoms with E-state index in [0.29, 0.717) is 6.54 Å². The van der Waals surface area contributed by atoms with Crippen LogP contribution in [0.4, 0.5) is 13.2 Å². The Balaban J connectivity index is 0.00000182. The highest BCUT2D eigenvalue weighted by atomic mass is 35.5. The molecule has 4 nitrogen and oxygen atoms in total. The van der Waals surface area contributed by atoms with Crippen LogP contribution >= 0.6 is 24.8 Å². The summed E-state index contributed by atoms with van der Waals surface area (Å²) >= 11 is 0. The largest absolute Gasteiger partial charge is 0.416 e. The van der Waals surface area contributed by atoms with Gasteiger partial charge in [0.2, 0.25) is 5.91 Å². The second kappa shape index (κ2) is 10.5. The summed E-state index contributed by atoms with van der Waals surface area (Å²) in [6.07, 6.45) is -1.45. The maximum absolute atomic E-state index is 12.6. The lowest BCUT2D eigenvalue weighted by Crippen LogP contribution is -2.45. The summed E-state index contributed by atoms with van der Waals surface area (Å²) in [5, 5.41) is 6.37. The van der Waals surface area contributed by atoms with E-state index in [9.17, 15) is 18.0 Å². The van der Waals surface area contributed by atoms with E-state index in [4.69, 9.17) is 0 Å². The molecule has 1 aromatic rings. The molecular weight excluding hydrogens is 402 g/mol. The van der Waals surface area contributed by atoms with Gasteiger partial charge in [0.05, 0.1) is 11.5 Å². The molecule has 9 heteroatoms. The molecule has 3 rings (SSSR count). The molecule has 154 valence electrons. The van der Waals surface area contributed by atoms with Crippen molar-refractivity contribution >= 4 is 30.7 Å². The van der Waals surface area contributed by atoms with Crippen molar-refractivity contribution in [1.29, 1.82) is 0 Å². The van der Waals surface area contributed by atoms with Gasteiger partial charge in [0.15, 0.2) is 0 Å². The number of hydrogen-bond donors (Lipinski definition) is 2. The summed E-state index contributed by atoms with van der Waals surface area (Å²) in [7, 11) is 0. The highest BCUT2D eigenvalue weighted by Gasteiger charge is 2.30. The molecule has 2 saturated heterocycles. The Morgan fingerprint density at radius 3 is 2.48 bits per heavy atom. The van der Waals surface area contributed by atoms with Gasteiger partial charge in [0.25, 0.3) is 0 Å². The van der Waals surface area contributed by atoms with Crippen molar-refractivity contribution in [2.75, 3.05) is 26.2 Å². The molecular formula is C18H26Cl2F3N3O. The lowest BCUT2D eigenvalue weighted by molar-refractivity contribution is -0.137. The number of carbonyl (C=O) groups is 1. The predicted octanol–water partition coefficient (Wildman–Crippen LogP) is 3.24. The van der Waals surface area contributed by atoms with Crippen LogP contribution in [0.5, 0.6) is 0 Å². The summed E-state index contributed by atoms with van der Waals surface area (Å²) in [5.74, 6) is 0.172. The predicted molar refractivity (Wildman–Crippen MR) is 103 cm³/mol. The number of hydrogen-bond acceptors (Lipinski definition) is 3. The normalized spacial score (nSPS) is 23.2. The monoisotopic (exact) mass is 427 g/mol. The van der Waals surface area contributed by atoms with Gasteiger partial charge >= 0.3 is 6.18 Å². The van der Waals surface area contributed by atoms with E-state index in [2.05, 4.69) is 15.5 Å². The standard InChI is InChI=1S/C18H24F3N3O.2ClH/c19-18(20,21)15-5-3-13(4-6-15)11-24-9-7-16(12-24)23-17(25)14-2-1-8-22-10-14;;/h3-6,14,16,22H,1-2,7-12H2,(H,23,25);2*1H. The molecule has 1 amide bonds. The third-order valence-corrected chi connectivity index (χ3v) is 4.97. The number of alkyl halides is 3. The number of amides is 1. The fourth-order valence-electron chi connectivity index (χ4n) is 3.55. The molecule has 2 unspecified atom stereocenters. The molecule has 1 aromatic carbocycles. The molecule has 2 N–H and O–H groups in total. The average Bonchev–Trinajstić information content (AvgIpc) is 3.02. The Morgan fingerprint density at radius 2 is 1.89 bits per heavy atom. The Labute approximate surface area is 170 Å². The van der Waals surface area contributed by atoms with Crippen molar-refractivity contribution in [2.24, 2.45) is 5.92 Å². The Kier molecular flexibility index (Phi) is 9.34. The van der Waals surface area contributed by atoms with Gasteiger partial charge in [-0.3, -0.25) is 9.69 Å². The van der Waals surface area contributed by atoms with Crippen LogP contribution in [0.1, 0.15) is 30.4 Å². The van der Waals surface area contributed by atoms with E-state index in [1.807, 2.05) is 0 Å². The SMILES string of the molecule is Cl.Cl.O=C(NC1CCN(Cc2ccc(C(F)(F)F)cc2)C1)C1CCCNC1. The molecule has 0 spiro atoms. The van der Waals surface area contributed by atoms with Gasteiger partial charge in [-0.25, -0.2) is 0 Å². The van der Waals surface area contributed by atoms with Crippen molar-refractivity contribution in [3.8, 4) is 0 Å². The third kappa shape index (κ3) is 6.82. The average molecular weight is 428 g/mol. The Morgan fingerprint density at radius 1 is 1.19 bits per heavy atom. The second-order valence-electron chi connectivity index (χ2n) is 6.97. The molecule has 2 atom stereocenters. The van der Waals surface area contributed by atoms with Crippen LogP contribution in [0.2, 0.25) is 0 Å². The van der Waals surface area contributed by atoms with E-state index < -0.39 is 11.7 Å². The minimum absolute atomic E-state index is 0. The van der Waals surface area contributed by atoms with Crippen LogP contribution in [0, 0.1) is 5.92 Å². The van der Waals surface area contributed by atoms with Gasteiger partial charge in [0.1, 0.15) is 0 Å². The summed E-state index contributed by atoms with van der Waals surface area (Å²) in [4.78, 5) is 14.4. The number of carbonyl (C=O) groups excluding carboxylic acids is 1. The van der Waals surface area contributed by atoms with Crippen LogP contribution in [0.25, 0.3) is 0 Å². The highest BCUT2D eigenvalue weighted by Crippen LogP contribution is 2.29. The maximum atomic E-state index is 12.6.